The third kappa shape index (κ3) is 4.16. The molecule has 0 aliphatic rings. The van der Waals surface area contributed by atoms with Crippen molar-refractivity contribution in [2.45, 2.75) is 17.4 Å². The predicted octanol–water partition coefficient (Wildman–Crippen LogP) is 1.89. The summed E-state index contributed by atoms with van der Waals surface area (Å²) in [5, 5.41) is 17.6. The summed E-state index contributed by atoms with van der Waals surface area (Å²) in [5.74, 6) is -2.29. The normalized spacial score (nSPS) is 12.4. The highest BCUT2D eigenvalue weighted by Crippen LogP contribution is 2.23. The van der Waals surface area contributed by atoms with E-state index in [0.29, 0.717) is 0 Å². The van der Waals surface area contributed by atoms with E-state index in [0.717, 1.165) is 30.0 Å². The van der Waals surface area contributed by atoms with E-state index in [1.165, 1.54) is 0 Å². The number of rotatable bonds is 5. The Kier molecular flexibility index (Phi) is 4.70. The molecule has 0 aliphatic heterocycles. The van der Waals surface area contributed by atoms with Gasteiger partial charge in [-0.1, -0.05) is 0 Å². The van der Waals surface area contributed by atoms with E-state index in [9.17, 15) is 18.7 Å². The number of benzene rings is 1. The minimum absolute atomic E-state index is 0.00662. The molecule has 2 N–H and O–H groups in total. The van der Waals surface area contributed by atoms with Gasteiger partial charge >= 0.3 is 5.97 Å². The second-order valence-corrected chi connectivity index (χ2v) is 4.20. The summed E-state index contributed by atoms with van der Waals surface area (Å²) in [5.41, 5.74) is 0. The lowest BCUT2D eigenvalue weighted by Crippen LogP contribution is -2.15. The molecule has 1 rings (SSSR count). The van der Waals surface area contributed by atoms with Gasteiger partial charge in [-0.25, -0.2) is 8.78 Å². The molecular formula is C10H10F2O3S. The van der Waals surface area contributed by atoms with Crippen molar-refractivity contribution in [2.75, 3.05) is 5.75 Å². The Morgan fingerprint density at radius 2 is 2.12 bits per heavy atom. The van der Waals surface area contributed by atoms with Crippen LogP contribution in [-0.2, 0) is 4.79 Å². The molecule has 0 spiro atoms. The first-order valence-electron chi connectivity index (χ1n) is 4.46. The minimum Gasteiger partial charge on any atom is -0.481 e. The van der Waals surface area contributed by atoms with Crippen molar-refractivity contribution < 1.29 is 23.8 Å². The molecule has 0 aliphatic carbocycles. The van der Waals surface area contributed by atoms with Gasteiger partial charge in [0.05, 0.1) is 12.5 Å². The van der Waals surface area contributed by atoms with Gasteiger partial charge in [0.25, 0.3) is 0 Å². The van der Waals surface area contributed by atoms with Crippen LogP contribution >= 0.6 is 11.8 Å². The number of thioether (sulfide) groups is 1. The fourth-order valence-corrected chi connectivity index (χ4v) is 1.93. The van der Waals surface area contributed by atoms with Crippen molar-refractivity contribution in [1.29, 1.82) is 0 Å². The highest BCUT2D eigenvalue weighted by molar-refractivity contribution is 7.99. The molecule has 0 saturated heterocycles. The molecule has 6 heteroatoms. The lowest BCUT2D eigenvalue weighted by Gasteiger charge is -2.07. The Balaban J connectivity index is 2.54. The fourth-order valence-electron chi connectivity index (χ4n) is 1.03. The number of aliphatic hydroxyl groups is 1. The molecule has 0 aromatic heterocycles. The number of aliphatic hydroxyl groups excluding tert-OH is 1. The first kappa shape index (κ1) is 12.9. The highest BCUT2D eigenvalue weighted by atomic mass is 32.2. The van der Waals surface area contributed by atoms with E-state index in [1.807, 2.05) is 0 Å². The first-order valence-corrected chi connectivity index (χ1v) is 5.45. The topological polar surface area (TPSA) is 57.5 Å². The molecule has 3 nitrogen and oxygen atoms in total. The van der Waals surface area contributed by atoms with Crippen LogP contribution in [0.4, 0.5) is 8.78 Å². The average Bonchev–Trinajstić information content (AvgIpc) is 2.18. The Morgan fingerprint density at radius 3 is 2.75 bits per heavy atom. The average molecular weight is 248 g/mol. The summed E-state index contributed by atoms with van der Waals surface area (Å²) in [7, 11) is 0. The summed E-state index contributed by atoms with van der Waals surface area (Å²) in [4.78, 5) is 10.3. The molecule has 0 amide bonds. The Bertz CT molecular complexity index is 384. The van der Waals surface area contributed by atoms with Crippen LogP contribution in [0.5, 0.6) is 0 Å². The number of aliphatic carboxylic acids is 1. The standard InChI is InChI=1S/C10H10F2O3S/c11-6-1-2-8(12)9(3-6)16-5-7(13)4-10(14)15/h1-3,7,13H,4-5H2,(H,14,15). The largest absolute Gasteiger partial charge is 0.481 e. The lowest BCUT2D eigenvalue weighted by molar-refractivity contribution is -0.138. The van der Waals surface area contributed by atoms with Crippen LogP contribution in [0.25, 0.3) is 0 Å². The molecule has 0 fully saturated rings. The van der Waals surface area contributed by atoms with Crippen LogP contribution < -0.4 is 0 Å². The Labute approximate surface area is 95.1 Å². The molecule has 1 atom stereocenters. The SMILES string of the molecule is O=C(O)CC(O)CSc1cc(F)ccc1F. The summed E-state index contributed by atoms with van der Waals surface area (Å²) < 4.78 is 25.8. The number of halogens is 2. The van der Waals surface area contributed by atoms with Gasteiger partial charge in [-0.3, -0.25) is 4.79 Å². The molecular weight excluding hydrogens is 238 g/mol. The summed E-state index contributed by atoms with van der Waals surface area (Å²) in [6.45, 7) is 0. The first-order chi connectivity index (χ1) is 7.49. The van der Waals surface area contributed by atoms with E-state index < -0.39 is 30.1 Å². The number of hydrogen-bond acceptors (Lipinski definition) is 3. The van der Waals surface area contributed by atoms with Gasteiger partial charge in [-0.15, -0.1) is 11.8 Å². The highest BCUT2D eigenvalue weighted by Gasteiger charge is 2.12. The molecule has 1 aromatic carbocycles. The van der Waals surface area contributed by atoms with Gasteiger partial charge < -0.3 is 10.2 Å². The van der Waals surface area contributed by atoms with Gasteiger partial charge in [0, 0.05) is 10.6 Å². The molecule has 0 bridgehead atoms. The molecule has 0 saturated carbocycles. The summed E-state index contributed by atoms with van der Waals surface area (Å²) in [6, 6.07) is 2.99. The zero-order valence-electron chi connectivity index (χ0n) is 8.19. The van der Waals surface area contributed by atoms with Gasteiger partial charge in [-0.2, -0.15) is 0 Å². The predicted molar refractivity (Wildman–Crippen MR) is 55.3 cm³/mol. The molecule has 16 heavy (non-hydrogen) atoms. The zero-order valence-corrected chi connectivity index (χ0v) is 9.01. The monoisotopic (exact) mass is 248 g/mol. The van der Waals surface area contributed by atoms with Gasteiger partial charge in [0.15, 0.2) is 0 Å². The van der Waals surface area contributed by atoms with Crippen molar-refractivity contribution >= 4 is 17.7 Å². The smallest absolute Gasteiger partial charge is 0.306 e. The van der Waals surface area contributed by atoms with E-state index in [-0.39, 0.29) is 10.6 Å². The zero-order chi connectivity index (χ0) is 12.1. The van der Waals surface area contributed by atoms with Gasteiger partial charge in [0.2, 0.25) is 0 Å². The summed E-state index contributed by atoms with van der Waals surface area (Å²) >= 11 is 0.883. The van der Waals surface area contributed by atoms with E-state index in [1.54, 1.807) is 0 Å². The second kappa shape index (κ2) is 5.81. The van der Waals surface area contributed by atoms with Crippen molar-refractivity contribution in [1.82, 2.24) is 0 Å². The van der Waals surface area contributed by atoms with Crippen molar-refractivity contribution in [3.05, 3.63) is 29.8 Å². The molecule has 1 aromatic rings. The van der Waals surface area contributed by atoms with Crippen molar-refractivity contribution in [3.63, 3.8) is 0 Å². The third-order valence-corrected chi connectivity index (χ3v) is 2.91. The number of carboxylic acid groups (broad SMARTS) is 1. The maximum atomic E-state index is 13.1. The Hall–Kier alpha value is -1.14. The number of hydrogen-bond donors (Lipinski definition) is 2. The number of carboxylic acids is 1. The van der Waals surface area contributed by atoms with Crippen molar-refractivity contribution in [2.24, 2.45) is 0 Å². The quantitative estimate of drug-likeness (QED) is 0.781. The van der Waals surface area contributed by atoms with Crippen LogP contribution in [0.3, 0.4) is 0 Å². The third-order valence-electron chi connectivity index (χ3n) is 1.73. The van der Waals surface area contributed by atoms with Crippen LogP contribution in [-0.4, -0.2) is 28.0 Å². The minimum atomic E-state index is -1.13. The van der Waals surface area contributed by atoms with Crippen LogP contribution in [0, 0.1) is 11.6 Å². The molecule has 1 unspecified atom stereocenters. The van der Waals surface area contributed by atoms with E-state index in [4.69, 9.17) is 5.11 Å². The van der Waals surface area contributed by atoms with Gasteiger partial charge in [0.1, 0.15) is 11.6 Å². The maximum Gasteiger partial charge on any atom is 0.306 e. The van der Waals surface area contributed by atoms with Crippen LogP contribution in [0.2, 0.25) is 0 Å². The van der Waals surface area contributed by atoms with Crippen LogP contribution in [0.1, 0.15) is 6.42 Å². The fraction of sp³-hybridized carbons (Fsp3) is 0.300. The van der Waals surface area contributed by atoms with E-state index >= 15 is 0 Å². The molecule has 88 valence electrons. The van der Waals surface area contributed by atoms with Crippen LogP contribution in [0.15, 0.2) is 23.1 Å². The van der Waals surface area contributed by atoms with Crippen molar-refractivity contribution in [3.8, 4) is 0 Å². The molecule has 0 heterocycles. The maximum absolute atomic E-state index is 13.1. The van der Waals surface area contributed by atoms with E-state index in [2.05, 4.69) is 0 Å². The lowest BCUT2D eigenvalue weighted by atomic mass is 10.3. The second-order valence-electron chi connectivity index (χ2n) is 3.14. The van der Waals surface area contributed by atoms with Gasteiger partial charge in [-0.05, 0) is 18.2 Å². The number of carbonyl (C=O) groups is 1. The molecule has 0 radical (unpaired) electrons. The summed E-state index contributed by atoms with van der Waals surface area (Å²) in [6.07, 6.45) is -1.49. The Morgan fingerprint density at radius 1 is 1.44 bits per heavy atom.